The van der Waals surface area contributed by atoms with Gasteiger partial charge in [0.1, 0.15) is 0 Å². The van der Waals surface area contributed by atoms with Gasteiger partial charge in [-0.15, -0.1) is 0 Å². The van der Waals surface area contributed by atoms with E-state index in [1.54, 1.807) is 0 Å². The van der Waals surface area contributed by atoms with Crippen molar-refractivity contribution in [2.24, 2.45) is 11.1 Å². The van der Waals surface area contributed by atoms with Gasteiger partial charge in [0.15, 0.2) is 0 Å². The van der Waals surface area contributed by atoms with Crippen molar-refractivity contribution in [3.63, 3.8) is 0 Å². The molecule has 1 amide bonds. The molecule has 0 aliphatic heterocycles. The molecule has 1 rings (SSSR count). The van der Waals surface area contributed by atoms with E-state index in [2.05, 4.69) is 31.1 Å². The highest BCUT2D eigenvalue weighted by atomic mass is 16.2. The lowest BCUT2D eigenvalue weighted by Crippen LogP contribution is -2.48. The van der Waals surface area contributed by atoms with Gasteiger partial charge in [-0.1, -0.05) is 26.2 Å². The van der Waals surface area contributed by atoms with Crippen molar-refractivity contribution in [3.8, 4) is 0 Å². The summed E-state index contributed by atoms with van der Waals surface area (Å²) >= 11 is 0. The predicted octanol–water partition coefficient (Wildman–Crippen LogP) is 1.74. The number of nitrogens with zero attached hydrogens (tertiary/aromatic N) is 1. The van der Waals surface area contributed by atoms with Gasteiger partial charge in [-0.05, 0) is 33.2 Å². The third-order valence-electron chi connectivity index (χ3n) is 4.78. The van der Waals surface area contributed by atoms with Crippen molar-refractivity contribution in [1.82, 2.24) is 10.2 Å². The van der Waals surface area contributed by atoms with E-state index in [0.717, 1.165) is 45.2 Å². The van der Waals surface area contributed by atoms with Crippen LogP contribution in [0, 0.1) is 5.41 Å². The molecule has 1 saturated carbocycles. The van der Waals surface area contributed by atoms with Gasteiger partial charge in [0.2, 0.25) is 5.91 Å². The second kappa shape index (κ2) is 7.85. The van der Waals surface area contributed by atoms with Crippen LogP contribution in [0.2, 0.25) is 0 Å². The highest BCUT2D eigenvalue weighted by molar-refractivity contribution is 5.83. The Kier molecular flexibility index (Phi) is 6.80. The Morgan fingerprint density at radius 3 is 2.53 bits per heavy atom. The van der Waals surface area contributed by atoms with Crippen LogP contribution in [0.15, 0.2) is 0 Å². The van der Waals surface area contributed by atoms with Crippen LogP contribution in [-0.4, -0.2) is 43.5 Å². The molecule has 0 aromatic carbocycles. The highest BCUT2D eigenvalue weighted by Gasteiger charge is 2.37. The maximum Gasteiger partial charge on any atom is 0.227 e. The zero-order chi connectivity index (χ0) is 14.3. The number of likely N-dealkylation sites (N-methyl/N-ethyl adjacent to an activating group) is 1. The van der Waals surface area contributed by atoms with Gasteiger partial charge in [-0.2, -0.15) is 0 Å². The minimum atomic E-state index is -0.285. The number of amides is 1. The minimum Gasteiger partial charge on any atom is -0.354 e. The molecule has 19 heavy (non-hydrogen) atoms. The van der Waals surface area contributed by atoms with E-state index in [9.17, 15) is 4.79 Å². The van der Waals surface area contributed by atoms with Crippen molar-refractivity contribution < 1.29 is 4.79 Å². The molecule has 0 aromatic rings. The number of nitrogens with two attached hydrogens (primary N) is 1. The molecule has 0 radical (unpaired) electrons. The van der Waals surface area contributed by atoms with E-state index < -0.39 is 0 Å². The Labute approximate surface area is 118 Å². The number of hydrogen-bond donors (Lipinski definition) is 2. The fourth-order valence-electron chi connectivity index (χ4n) is 2.82. The number of rotatable bonds is 7. The van der Waals surface area contributed by atoms with Crippen LogP contribution in [0.5, 0.6) is 0 Å². The van der Waals surface area contributed by atoms with Crippen molar-refractivity contribution in [2.75, 3.05) is 26.7 Å². The van der Waals surface area contributed by atoms with Crippen LogP contribution in [0.3, 0.4) is 0 Å². The third-order valence-corrected chi connectivity index (χ3v) is 4.78. The lowest BCUT2D eigenvalue weighted by molar-refractivity contribution is -0.132. The molecule has 3 N–H and O–H groups in total. The van der Waals surface area contributed by atoms with Crippen LogP contribution >= 0.6 is 0 Å². The van der Waals surface area contributed by atoms with Gasteiger partial charge in [0.25, 0.3) is 0 Å². The number of nitrogens with one attached hydrogen (secondary N) is 1. The zero-order valence-electron chi connectivity index (χ0n) is 12.9. The van der Waals surface area contributed by atoms with Crippen molar-refractivity contribution in [3.05, 3.63) is 0 Å². The summed E-state index contributed by atoms with van der Waals surface area (Å²) in [5, 5.41) is 3.09. The highest BCUT2D eigenvalue weighted by Crippen LogP contribution is 2.35. The molecule has 1 aliphatic carbocycles. The Morgan fingerprint density at radius 1 is 1.37 bits per heavy atom. The molecule has 1 fully saturated rings. The lowest BCUT2D eigenvalue weighted by atomic mass is 9.73. The van der Waals surface area contributed by atoms with Crippen LogP contribution in [0.4, 0.5) is 0 Å². The summed E-state index contributed by atoms with van der Waals surface area (Å²) in [6.45, 7) is 6.51. The van der Waals surface area contributed by atoms with Gasteiger partial charge in [0, 0.05) is 25.7 Å². The molecule has 1 atom stereocenters. The van der Waals surface area contributed by atoms with Gasteiger partial charge in [-0.3, -0.25) is 4.79 Å². The number of hydrogen-bond acceptors (Lipinski definition) is 3. The van der Waals surface area contributed by atoms with Crippen LogP contribution in [-0.2, 0) is 4.79 Å². The minimum absolute atomic E-state index is 0.173. The molecule has 112 valence electrons. The molecule has 0 aromatic heterocycles. The van der Waals surface area contributed by atoms with E-state index in [-0.39, 0.29) is 11.3 Å². The maximum absolute atomic E-state index is 12.4. The molecule has 4 nitrogen and oxygen atoms in total. The summed E-state index contributed by atoms with van der Waals surface area (Å²) in [4.78, 5) is 14.7. The fraction of sp³-hybridized carbons (Fsp3) is 0.933. The Bertz CT molecular complexity index is 275. The SMILES string of the molecule is CCC(C)N(C)CCNC(=O)C1(CN)CCCCC1. The van der Waals surface area contributed by atoms with E-state index in [4.69, 9.17) is 5.73 Å². The summed E-state index contributed by atoms with van der Waals surface area (Å²) in [6, 6.07) is 0.565. The number of carbonyl (C=O) groups excluding carboxylic acids is 1. The first kappa shape index (κ1) is 16.4. The Balaban J connectivity index is 2.37. The molecule has 0 saturated heterocycles. The van der Waals surface area contributed by atoms with Crippen molar-refractivity contribution in [1.29, 1.82) is 0 Å². The maximum atomic E-state index is 12.4. The standard InChI is InChI=1S/C15H31N3O/c1-4-13(2)18(3)11-10-17-14(19)15(12-16)8-6-5-7-9-15/h13H,4-12,16H2,1-3H3,(H,17,19). The molecular weight excluding hydrogens is 238 g/mol. The largest absolute Gasteiger partial charge is 0.354 e. The van der Waals surface area contributed by atoms with Crippen LogP contribution in [0.1, 0.15) is 52.4 Å². The fourth-order valence-corrected chi connectivity index (χ4v) is 2.82. The van der Waals surface area contributed by atoms with Gasteiger partial charge in [0.05, 0.1) is 5.41 Å². The zero-order valence-corrected chi connectivity index (χ0v) is 12.9. The monoisotopic (exact) mass is 269 g/mol. The lowest BCUT2D eigenvalue weighted by Gasteiger charge is -2.35. The average molecular weight is 269 g/mol. The molecular formula is C15H31N3O. The summed E-state index contributed by atoms with van der Waals surface area (Å²) in [6.07, 6.45) is 6.56. The molecule has 0 heterocycles. The molecule has 4 heteroatoms. The second-order valence-electron chi connectivity index (χ2n) is 6.04. The van der Waals surface area contributed by atoms with Crippen molar-refractivity contribution in [2.45, 2.75) is 58.4 Å². The van der Waals surface area contributed by atoms with Crippen molar-refractivity contribution >= 4 is 5.91 Å². The normalized spacial score (nSPS) is 20.3. The number of carbonyl (C=O) groups is 1. The van der Waals surface area contributed by atoms with E-state index in [1.807, 2.05) is 0 Å². The first-order valence-electron chi connectivity index (χ1n) is 7.74. The molecule has 0 bridgehead atoms. The van der Waals surface area contributed by atoms with E-state index in [0.29, 0.717) is 12.6 Å². The van der Waals surface area contributed by atoms with E-state index in [1.165, 1.54) is 6.42 Å². The topological polar surface area (TPSA) is 58.4 Å². The summed E-state index contributed by atoms with van der Waals surface area (Å²) < 4.78 is 0. The summed E-state index contributed by atoms with van der Waals surface area (Å²) in [7, 11) is 2.11. The molecule has 0 spiro atoms. The molecule has 1 unspecified atom stereocenters. The quantitative estimate of drug-likeness (QED) is 0.740. The summed E-state index contributed by atoms with van der Waals surface area (Å²) in [5.41, 5.74) is 5.58. The van der Waals surface area contributed by atoms with Gasteiger partial charge in [-0.25, -0.2) is 0 Å². The predicted molar refractivity (Wildman–Crippen MR) is 80.0 cm³/mol. The van der Waals surface area contributed by atoms with Crippen LogP contribution < -0.4 is 11.1 Å². The van der Waals surface area contributed by atoms with Gasteiger partial charge >= 0.3 is 0 Å². The second-order valence-corrected chi connectivity index (χ2v) is 6.04. The first-order chi connectivity index (χ1) is 9.05. The third kappa shape index (κ3) is 4.46. The molecule has 1 aliphatic rings. The average Bonchev–Trinajstić information content (AvgIpc) is 2.46. The Hall–Kier alpha value is -0.610. The van der Waals surface area contributed by atoms with Crippen LogP contribution in [0.25, 0.3) is 0 Å². The first-order valence-corrected chi connectivity index (χ1v) is 7.74. The summed E-state index contributed by atoms with van der Waals surface area (Å²) in [5.74, 6) is 0.173. The smallest absolute Gasteiger partial charge is 0.227 e. The Morgan fingerprint density at radius 2 is 2.00 bits per heavy atom. The van der Waals surface area contributed by atoms with E-state index >= 15 is 0 Å². The van der Waals surface area contributed by atoms with Gasteiger partial charge < -0.3 is 16.0 Å².